The van der Waals surface area contributed by atoms with Crippen molar-refractivity contribution in [1.29, 1.82) is 0 Å². The van der Waals surface area contributed by atoms with Crippen LogP contribution in [0.2, 0.25) is 0 Å². The van der Waals surface area contributed by atoms with Gasteiger partial charge in [0.2, 0.25) is 0 Å². The fourth-order valence-corrected chi connectivity index (χ4v) is 3.55. The molecule has 0 aromatic heterocycles. The molecule has 5 heteroatoms. The summed E-state index contributed by atoms with van der Waals surface area (Å²) < 4.78 is 0. The molecule has 2 fully saturated rings. The van der Waals surface area contributed by atoms with Crippen molar-refractivity contribution >= 4 is 5.84 Å². The molecular weight excluding hydrogens is 254 g/mol. The summed E-state index contributed by atoms with van der Waals surface area (Å²) in [5.74, 6) is 1.27. The molecule has 1 heterocycles. The standard InChI is InChI=1S/C15H21N3O2/c16-15(17-20)11-3-1-10(2-4-11)7-18-8-12-5-6-14(19)13(12)9-18/h1-4,12-14,19-20H,5-9H2,(H2,16,17). The molecule has 5 nitrogen and oxygen atoms in total. The van der Waals surface area contributed by atoms with Crippen LogP contribution < -0.4 is 5.73 Å². The van der Waals surface area contributed by atoms with E-state index >= 15 is 0 Å². The van der Waals surface area contributed by atoms with Crippen molar-refractivity contribution < 1.29 is 10.3 Å². The highest BCUT2D eigenvalue weighted by atomic mass is 16.4. The van der Waals surface area contributed by atoms with Gasteiger partial charge in [-0.05, 0) is 24.3 Å². The van der Waals surface area contributed by atoms with Gasteiger partial charge in [0, 0.05) is 31.1 Å². The van der Waals surface area contributed by atoms with Gasteiger partial charge in [-0.3, -0.25) is 4.90 Å². The summed E-state index contributed by atoms with van der Waals surface area (Å²) >= 11 is 0. The van der Waals surface area contributed by atoms with E-state index in [1.807, 2.05) is 24.3 Å². The van der Waals surface area contributed by atoms with Gasteiger partial charge in [0.25, 0.3) is 0 Å². The predicted octanol–water partition coefficient (Wildman–Crippen LogP) is 0.984. The zero-order chi connectivity index (χ0) is 14.1. The average Bonchev–Trinajstić information content (AvgIpc) is 3.01. The summed E-state index contributed by atoms with van der Waals surface area (Å²) in [6.45, 7) is 2.98. The third kappa shape index (κ3) is 2.51. The lowest BCUT2D eigenvalue weighted by Gasteiger charge is -2.18. The van der Waals surface area contributed by atoms with Crippen LogP contribution in [-0.2, 0) is 6.54 Å². The average molecular weight is 275 g/mol. The Labute approximate surface area is 118 Å². The van der Waals surface area contributed by atoms with E-state index in [1.54, 1.807) is 0 Å². The molecule has 1 aliphatic carbocycles. The van der Waals surface area contributed by atoms with Crippen molar-refractivity contribution in [2.45, 2.75) is 25.5 Å². The largest absolute Gasteiger partial charge is 0.409 e. The number of rotatable bonds is 3. The third-order valence-electron chi connectivity index (χ3n) is 4.66. The molecule has 0 amide bonds. The number of aliphatic hydroxyl groups excluding tert-OH is 1. The number of hydrogen-bond donors (Lipinski definition) is 3. The van der Waals surface area contributed by atoms with E-state index in [4.69, 9.17) is 10.9 Å². The Balaban J connectivity index is 1.62. The lowest BCUT2D eigenvalue weighted by atomic mass is 10.00. The first-order valence-electron chi connectivity index (χ1n) is 7.14. The van der Waals surface area contributed by atoms with E-state index < -0.39 is 0 Å². The minimum absolute atomic E-state index is 0.104. The second-order valence-corrected chi connectivity index (χ2v) is 5.94. The summed E-state index contributed by atoms with van der Waals surface area (Å²) in [5.41, 5.74) is 7.49. The molecule has 3 atom stereocenters. The van der Waals surface area contributed by atoms with Gasteiger partial charge >= 0.3 is 0 Å². The van der Waals surface area contributed by atoms with Crippen LogP contribution in [0.3, 0.4) is 0 Å². The molecule has 3 unspecified atom stereocenters. The molecule has 0 spiro atoms. The quantitative estimate of drug-likeness (QED) is 0.332. The Morgan fingerprint density at radius 2 is 2.00 bits per heavy atom. The van der Waals surface area contributed by atoms with Crippen LogP contribution >= 0.6 is 0 Å². The number of amidine groups is 1. The lowest BCUT2D eigenvalue weighted by Crippen LogP contribution is -2.24. The van der Waals surface area contributed by atoms with E-state index in [-0.39, 0.29) is 11.9 Å². The van der Waals surface area contributed by atoms with Crippen molar-refractivity contribution in [3.63, 3.8) is 0 Å². The Hall–Kier alpha value is -1.59. The SMILES string of the molecule is N/C(=N/O)c1ccc(CN2CC3CCC(O)C3C2)cc1. The van der Waals surface area contributed by atoms with Crippen LogP contribution in [0.1, 0.15) is 24.0 Å². The summed E-state index contributed by atoms with van der Waals surface area (Å²) in [4.78, 5) is 2.41. The molecule has 1 saturated heterocycles. The summed E-state index contributed by atoms with van der Waals surface area (Å²) in [7, 11) is 0. The molecule has 2 aliphatic rings. The van der Waals surface area contributed by atoms with Gasteiger partial charge in [0.15, 0.2) is 5.84 Å². The predicted molar refractivity (Wildman–Crippen MR) is 76.5 cm³/mol. The van der Waals surface area contributed by atoms with Gasteiger partial charge in [-0.1, -0.05) is 29.4 Å². The highest BCUT2D eigenvalue weighted by Crippen LogP contribution is 2.38. The highest BCUT2D eigenvalue weighted by molar-refractivity contribution is 5.96. The maximum Gasteiger partial charge on any atom is 0.170 e. The second-order valence-electron chi connectivity index (χ2n) is 5.94. The van der Waals surface area contributed by atoms with E-state index in [9.17, 15) is 5.11 Å². The molecule has 1 aromatic carbocycles. The van der Waals surface area contributed by atoms with E-state index in [2.05, 4.69) is 10.1 Å². The van der Waals surface area contributed by atoms with Crippen LogP contribution in [0.5, 0.6) is 0 Å². The molecule has 1 aliphatic heterocycles. The molecule has 4 N–H and O–H groups in total. The molecule has 20 heavy (non-hydrogen) atoms. The molecule has 1 saturated carbocycles. The molecule has 3 rings (SSSR count). The van der Waals surface area contributed by atoms with Gasteiger partial charge < -0.3 is 16.0 Å². The van der Waals surface area contributed by atoms with Gasteiger partial charge in [-0.2, -0.15) is 0 Å². The van der Waals surface area contributed by atoms with Gasteiger partial charge in [0.05, 0.1) is 6.10 Å². The Kier molecular flexibility index (Phi) is 3.63. The molecule has 0 bridgehead atoms. The zero-order valence-corrected chi connectivity index (χ0v) is 11.4. The number of fused-ring (bicyclic) bond motifs is 1. The number of oxime groups is 1. The minimum Gasteiger partial charge on any atom is -0.409 e. The first-order chi connectivity index (χ1) is 9.67. The Morgan fingerprint density at radius 3 is 2.65 bits per heavy atom. The number of hydrogen-bond acceptors (Lipinski definition) is 4. The third-order valence-corrected chi connectivity index (χ3v) is 4.66. The smallest absolute Gasteiger partial charge is 0.170 e. The Morgan fingerprint density at radius 1 is 1.25 bits per heavy atom. The summed E-state index contributed by atoms with van der Waals surface area (Å²) in [6, 6.07) is 7.77. The van der Waals surface area contributed by atoms with Crippen molar-refractivity contribution in [2.24, 2.45) is 22.7 Å². The van der Waals surface area contributed by atoms with Crippen molar-refractivity contribution in [2.75, 3.05) is 13.1 Å². The van der Waals surface area contributed by atoms with Crippen molar-refractivity contribution in [3.05, 3.63) is 35.4 Å². The number of nitrogens with two attached hydrogens (primary N) is 1. The lowest BCUT2D eigenvalue weighted by molar-refractivity contribution is 0.123. The minimum atomic E-state index is -0.104. The zero-order valence-electron chi connectivity index (χ0n) is 11.4. The van der Waals surface area contributed by atoms with Crippen LogP contribution in [0.25, 0.3) is 0 Å². The van der Waals surface area contributed by atoms with Crippen LogP contribution in [0.15, 0.2) is 29.4 Å². The topological polar surface area (TPSA) is 82.1 Å². The van der Waals surface area contributed by atoms with Crippen LogP contribution in [0.4, 0.5) is 0 Å². The molecule has 1 aromatic rings. The van der Waals surface area contributed by atoms with Gasteiger partial charge in [0.1, 0.15) is 0 Å². The van der Waals surface area contributed by atoms with Gasteiger partial charge in [-0.15, -0.1) is 0 Å². The maximum atomic E-state index is 9.93. The van der Waals surface area contributed by atoms with Gasteiger partial charge in [-0.25, -0.2) is 0 Å². The first-order valence-corrected chi connectivity index (χ1v) is 7.14. The number of benzene rings is 1. The highest BCUT2D eigenvalue weighted by Gasteiger charge is 2.41. The summed E-state index contributed by atoms with van der Waals surface area (Å²) in [5, 5.41) is 21.6. The van der Waals surface area contributed by atoms with E-state index in [0.29, 0.717) is 11.8 Å². The first kappa shape index (κ1) is 13.4. The fraction of sp³-hybridized carbons (Fsp3) is 0.533. The Bertz CT molecular complexity index is 500. The van der Waals surface area contributed by atoms with Crippen molar-refractivity contribution in [1.82, 2.24) is 4.90 Å². The van der Waals surface area contributed by atoms with Crippen LogP contribution in [0, 0.1) is 11.8 Å². The normalized spacial score (nSPS) is 30.6. The van der Waals surface area contributed by atoms with Crippen LogP contribution in [-0.4, -0.2) is 40.2 Å². The number of likely N-dealkylation sites (tertiary alicyclic amines) is 1. The summed E-state index contributed by atoms with van der Waals surface area (Å²) in [6.07, 6.45) is 2.02. The van der Waals surface area contributed by atoms with E-state index in [1.165, 1.54) is 5.56 Å². The number of nitrogens with zero attached hydrogens (tertiary/aromatic N) is 2. The monoisotopic (exact) mass is 275 g/mol. The van der Waals surface area contributed by atoms with E-state index in [0.717, 1.165) is 38.0 Å². The fourth-order valence-electron chi connectivity index (χ4n) is 3.55. The molecular formula is C15H21N3O2. The second kappa shape index (κ2) is 5.42. The molecule has 108 valence electrons. The molecule has 0 radical (unpaired) electrons. The number of aliphatic hydroxyl groups is 1. The maximum absolute atomic E-state index is 9.93. The van der Waals surface area contributed by atoms with Crippen molar-refractivity contribution in [3.8, 4) is 0 Å².